The van der Waals surface area contributed by atoms with E-state index in [9.17, 15) is 0 Å². The zero-order valence-electron chi connectivity index (χ0n) is 7.30. The van der Waals surface area contributed by atoms with Gasteiger partial charge in [0.1, 0.15) is 0 Å². The topological polar surface area (TPSA) is 70.7 Å². The van der Waals surface area contributed by atoms with Crippen LogP contribution in [-0.4, -0.2) is 28.0 Å². The summed E-state index contributed by atoms with van der Waals surface area (Å²) in [4.78, 5) is 15.0. The van der Waals surface area contributed by atoms with Crippen LogP contribution in [0.2, 0.25) is 0 Å². The van der Waals surface area contributed by atoms with Gasteiger partial charge in [-0.1, -0.05) is 6.92 Å². The van der Waals surface area contributed by atoms with Crippen LogP contribution in [-0.2, 0) is 0 Å². The zero-order chi connectivity index (χ0) is 9.68. The molecule has 0 amide bonds. The second kappa shape index (κ2) is 4.30. The lowest BCUT2D eigenvalue weighted by atomic mass is 10.5. The molecular formula is C8H10N4O. The second-order valence-corrected chi connectivity index (χ2v) is 2.26. The predicted octanol–water partition coefficient (Wildman–Crippen LogP) is 1.63. The third-order valence-corrected chi connectivity index (χ3v) is 1.23. The quantitative estimate of drug-likeness (QED) is 0.715. The number of rotatable bonds is 3. The van der Waals surface area contributed by atoms with Crippen LogP contribution >= 0.6 is 0 Å². The fourth-order valence-electron chi connectivity index (χ4n) is 0.732. The maximum absolute atomic E-state index is 9.11. The molecule has 0 atom stereocenters. The molecule has 0 saturated carbocycles. The van der Waals surface area contributed by atoms with Gasteiger partial charge in [-0.05, 0) is 13.1 Å². The van der Waals surface area contributed by atoms with Gasteiger partial charge in [0, 0.05) is 12.3 Å². The molecule has 5 heteroatoms. The van der Waals surface area contributed by atoms with Crippen molar-refractivity contribution in [3.8, 4) is 5.88 Å². The van der Waals surface area contributed by atoms with E-state index in [2.05, 4.69) is 26.7 Å². The molecule has 1 aromatic rings. The van der Waals surface area contributed by atoms with Crippen molar-refractivity contribution in [1.82, 2.24) is 9.97 Å². The first-order valence-electron chi connectivity index (χ1n) is 3.83. The highest BCUT2D eigenvalue weighted by Crippen LogP contribution is 2.17. The summed E-state index contributed by atoms with van der Waals surface area (Å²) in [7, 11) is 0. The van der Waals surface area contributed by atoms with Crippen molar-refractivity contribution in [2.75, 3.05) is 0 Å². The maximum atomic E-state index is 9.11. The van der Waals surface area contributed by atoms with Crippen LogP contribution in [0.4, 0.5) is 11.8 Å². The molecule has 13 heavy (non-hydrogen) atoms. The Kier molecular flexibility index (Phi) is 3.08. The smallest absolute Gasteiger partial charge is 0.254 e. The van der Waals surface area contributed by atoms with Crippen molar-refractivity contribution in [1.29, 1.82) is 0 Å². The van der Waals surface area contributed by atoms with E-state index < -0.39 is 0 Å². The van der Waals surface area contributed by atoms with Gasteiger partial charge in [0.25, 0.3) is 5.95 Å². The summed E-state index contributed by atoms with van der Waals surface area (Å²) in [6, 6.07) is 1.36. The Morgan fingerprint density at radius 2 is 2.38 bits per heavy atom. The van der Waals surface area contributed by atoms with Crippen LogP contribution in [0.3, 0.4) is 0 Å². The van der Waals surface area contributed by atoms with E-state index in [0.717, 1.165) is 6.42 Å². The van der Waals surface area contributed by atoms with Crippen molar-refractivity contribution in [2.45, 2.75) is 13.3 Å². The average molecular weight is 178 g/mol. The summed E-state index contributed by atoms with van der Waals surface area (Å²) in [5.41, 5.74) is 0. The molecule has 0 spiro atoms. The molecule has 0 aliphatic carbocycles. The number of aromatic nitrogens is 2. The fourth-order valence-corrected chi connectivity index (χ4v) is 0.732. The first-order valence-corrected chi connectivity index (χ1v) is 3.83. The fraction of sp³-hybridized carbons (Fsp3) is 0.250. The SMILES string of the molecule is C=Nc1nc(O)cc(N=CCC)n1. The van der Waals surface area contributed by atoms with Crippen LogP contribution < -0.4 is 0 Å². The Morgan fingerprint density at radius 3 is 3.00 bits per heavy atom. The lowest BCUT2D eigenvalue weighted by molar-refractivity contribution is 0.453. The van der Waals surface area contributed by atoms with Crippen LogP contribution in [0.15, 0.2) is 16.1 Å². The molecule has 0 radical (unpaired) electrons. The molecule has 5 nitrogen and oxygen atoms in total. The van der Waals surface area contributed by atoms with E-state index >= 15 is 0 Å². The first kappa shape index (κ1) is 9.31. The third kappa shape index (κ3) is 2.62. The van der Waals surface area contributed by atoms with Crippen molar-refractivity contribution in [3.63, 3.8) is 0 Å². The van der Waals surface area contributed by atoms with Gasteiger partial charge in [0.15, 0.2) is 5.82 Å². The molecule has 0 unspecified atom stereocenters. The van der Waals surface area contributed by atoms with Gasteiger partial charge < -0.3 is 5.11 Å². The number of nitrogens with zero attached hydrogens (tertiary/aromatic N) is 4. The van der Waals surface area contributed by atoms with Crippen molar-refractivity contribution in [3.05, 3.63) is 6.07 Å². The lowest BCUT2D eigenvalue weighted by Gasteiger charge is -1.95. The van der Waals surface area contributed by atoms with Gasteiger partial charge in [0.2, 0.25) is 5.88 Å². The van der Waals surface area contributed by atoms with Gasteiger partial charge in [-0.3, -0.25) is 0 Å². The second-order valence-electron chi connectivity index (χ2n) is 2.26. The summed E-state index contributed by atoms with van der Waals surface area (Å²) < 4.78 is 0. The summed E-state index contributed by atoms with van der Waals surface area (Å²) >= 11 is 0. The molecule has 0 aromatic carbocycles. The minimum Gasteiger partial charge on any atom is -0.493 e. The summed E-state index contributed by atoms with van der Waals surface area (Å²) in [5, 5.41) is 9.11. The van der Waals surface area contributed by atoms with E-state index in [4.69, 9.17) is 5.11 Å². The van der Waals surface area contributed by atoms with Crippen LogP contribution in [0, 0.1) is 0 Å². The standard InChI is InChI=1S/C8H10N4O/c1-3-4-10-6-5-7(13)12-8(9-2)11-6/h4-5H,2-3H2,1H3,(H,11,12,13). The highest BCUT2D eigenvalue weighted by Gasteiger charge is 1.99. The van der Waals surface area contributed by atoms with E-state index in [1.807, 2.05) is 6.92 Å². The van der Waals surface area contributed by atoms with Gasteiger partial charge in [0.05, 0.1) is 0 Å². The van der Waals surface area contributed by atoms with Gasteiger partial charge in [-0.25, -0.2) is 9.98 Å². The molecule has 1 heterocycles. The normalized spacial score (nSPS) is 10.5. The van der Waals surface area contributed by atoms with Crippen LogP contribution in [0.5, 0.6) is 5.88 Å². The molecular weight excluding hydrogens is 168 g/mol. The molecule has 0 saturated heterocycles. The van der Waals surface area contributed by atoms with Crippen molar-refractivity contribution in [2.24, 2.45) is 9.98 Å². The Bertz CT molecular complexity index is 335. The van der Waals surface area contributed by atoms with E-state index in [0.29, 0.717) is 5.82 Å². The Labute approximate surface area is 75.9 Å². The minimum atomic E-state index is -0.152. The van der Waals surface area contributed by atoms with E-state index in [1.54, 1.807) is 6.21 Å². The number of hydrogen-bond acceptors (Lipinski definition) is 5. The number of hydrogen-bond donors (Lipinski definition) is 1. The molecule has 0 aliphatic heterocycles. The molecule has 0 fully saturated rings. The molecule has 1 N–H and O–H groups in total. The average Bonchev–Trinajstić information content (AvgIpc) is 2.14. The molecule has 1 rings (SSSR count). The van der Waals surface area contributed by atoms with Crippen molar-refractivity contribution < 1.29 is 5.11 Å². The zero-order valence-corrected chi connectivity index (χ0v) is 7.30. The van der Waals surface area contributed by atoms with Gasteiger partial charge in [-0.2, -0.15) is 9.97 Å². The Morgan fingerprint density at radius 1 is 1.62 bits per heavy atom. The highest BCUT2D eigenvalue weighted by atomic mass is 16.3. The van der Waals surface area contributed by atoms with Crippen molar-refractivity contribution >= 4 is 24.7 Å². The lowest BCUT2D eigenvalue weighted by Crippen LogP contribution is -1.81. The largest absolute Gasteiger partial charge is 0.493 e. The third-order valence-electron chi connectivity index (χ3n) is 1.23. The predicted molar refractivity (Wildman–Crippen MR) is 51.3 cm³/mol. The molecule has 1 aromatic heterocycles. The highest BCUT2D eigenvalue weighted by molar-refractivity contribution is 5.61. The van der Waals surface area contributed by atoms with E-state index in [1.165, 1.54) is 6.07 Å². The molecule has 0 aliphatic rings. The van der Waals surface area contributed by atoms with E-state index in [-0.39, 0.29) is 11.8 Å². The number of aliphatic imine (C=N–C) groups is 2. The first-order chi connectivity index (χ1) is 6.26. The number of aromatic hydroxyl groups is 1. The molecule has 0 bridgehead atoms. The summed E-state index contributed by atoms with van der Waals surface area (Å²) in [6.45, 7) is 5.21. The van der Waals surface area contributed by atoms with Gasteiger partial charge >= 0.3 is 0 Å². The van der Waals surface area contributed by atoms with Gasteiger partial charge in [-0.15, -0.1) is 0 Å². The van der Waals surface area contributed by atoms with Crippen LogP contribution in [0.25, 0.3) is 0 Å². The maximum Gasteiger partial charge on any atom is 0.254 e. The minimum absolute atomic E-state index is 0.128. The Hall–Kier alpha value is -1.78. The summed E-state index contributed by atoms with van der Waals surface area (Å²) in [6.07, 6.45) is 2.50. The Balaban J connectivity index is 3.01. The molecule has 68 valence electrons. The monoisotopic (exact) mass is 178 g/mol. The van der Waals surface area contributed by atoms with Crippen LogP contribution in [0.1, 0.15) is 13.3 Å². The summed E-state index contributed by atoms with van der Waals surface area (Å²) in [5.74, 6) is 0.362.